The molecule has 116 valence electrons. The fraction of sp³-hybridized carbons (Fsp3) is 0.467. The Morgan fingerprint density at radius 3 is 1.81 bits per heavy atom. The lowest BCUT2D eigenvalue weighted by Gasteiger charge is -2.18. The molecule has 0 N–H and O–H groups in total. The third kappa shape index (κ3) is 5.43. The highest BCUT2D eigenvalue weighted by Crippen LogP contribution is 2.28. The van der Waals surface area contributed by atoms with E-state index >= 15 is 0 Å². The molecule has 0 amide bonds. The molecule has 0 atom stereocenters. The molecule has 0 radical (unpaired) electrons. The molecule has 0 aliphatic rings. The second kappa shape index (κ2) is 7.40. The number of carbonyl (C=O) groups is 2. The van der Waals surface area contributed by atoms with Gasteiger partial charge in [0.15, 0.2) is 0 Å². The van der Waals surface area contributed by atoms with E-state index in [0.717, 1.165) is 0 Å². The maximum atomic E-state index is 12.2. The topological polar surface area (TPSA) is 52.6 Å². The summed E-state index contributed by atoms with van der Waals surface area (Å²) in [4.78, 5) is 24.2. The van der Waals surface area contributed by atoms with E-state index in [-0.39, 0.29) is 29.8 Å². The Morgan fingerprint density at radius 2 is 1.43 bits per heavy atom. The van der Waals surface area contributed by atoms with Crippen LogP contribution in [0.1, 0.15) is 48.4 Å². The highest BCUT2D eigenvalue weighted by atomic mass is 79.9. The minimum Gasteiger partial charge on any atom is -0.462 e. The zero-order chi connectivity index (χ0) is 16.2. The van der Waals surface area contributed by atoms with Crippen LogP contribution in [0.3, 0.4) is 0 Å². The highest BCUT2D eigenvalue weighted by Gasteiger charge is 2.23. The molecule has 0 aliphatic heterocycles. The summed E-state index contributed by atoms with van der Waals surface area (Å²) in [5, 5.41) is 0. The summed E-state index contributed by atoms with van der Waals surface area (Å²) < 4.78 is 11.6. The van der Waals surface area contributed by atoms with Crippen molar-refractivity contribution in [3.8, 4) is 0 Å². The first-order valence-electron chi connectivity index (χ1n) is 6.49. The molecule has 1 aromatic carbocycles. The van der Waals surface area contributed by atoms with E-state index in [9.17, 15) is 9.59 Å². The monoisotopic (exact) mass is 420 g/mol. The number of esters is 2. The average Bonchev–Trinajstić information content (AvgIpc) is 2.38. The molecular formula is C15H18Br2O4. The van der Waals surface area contributed by atoms with Crippen LogP contribution in [0.4, 0.5) is 0 Å². The van der Waals surface area contributed by atoms with Crippen molar-refractivity contribution in [3.63, 3.8) is 0 Å². The van der Waals surface area contributed by atoms with Gasteiger partial charge in [0.2, 0.25) is 0 Å². The second-order valence-electron chi connectivity index (χ2n) is 5.67. The van der Waals surface area contributed by atoms with Crippen molar-refractivity contribution in [2.24, 2.45) is 5.41 Å². The SMILES string of the molecule is CCOC(=O)c1cc(Br)c(Br)cc1C(=O)OCC(C)(C)C. The number of hydrogen-bond donors (Lipinski definition) is 0. The smallest absolute Gasteiger partial charge is 0.339 e. The van der Waals surface area contributed by atoms with E-state index in [0.29, 0.717) is 8.95 Å². The molecule has 0 bridgehead atoms. The first-order chi connectivity index (χ1) is 9.65. The second-order valence-corrected chi connectivity index (χ2v) is 7.38. The van der Waals surface area contributed by atoms with Crippen LogP contribution >= 0.6 is 31.9 Å². The Morgan fingerprint density at radius 1 is 1.00 bits per heavy atom. The number of halogens is 2. The predicted octanol–water partition coefficient (Wildman–Crippen LogP) is 4.59. The van der Waals surface area contributed by atoms with E-state index in [1.165, 1.54) is 0 Å². The molecule has 21 heavy (non-hydrogen) atoms. The minimum atomic E-state index is -0.548. The van der Waals surface area contributed by atoms with Crippen LogP contribution in [-0.4, -0.2) is 25.2 Å². The van der Waals surface area contributed by atoms with Crippen molar-refractivity contribution in [1.82, 2.24) is 0 Å². The van der Waals surface area contributed by atoms with Gasteiger partial charge in [0.05, 0.1) is 24.3 Å². The average molecular weight is 422 g/mol. The van der Waals surface area contributed by atoms with Crippen molar-refractivity contribution < 1.29 is 19.1 Å². The zero-order valence-corrected chi connectivity index (χ0v) is 15.6. The normalized spacial score (nSPS) is 11.1. The maximum absolute atomic E-state index is 12.2. The van der Waals surface area contributed by atoms with Crippen LogP contribution in [0.2, 0.25) is 0 Å². The van der Waals surface area contributed by atoms with Gasteiger partial charge < -0.3 is 9.47 Å². The molecule has 6 heteroatoms. The van der Waals surface area contributed by atoms with Crippen LogP contribution in [0, 0.1) is 5.41 Å². The van der Waals surface area contributed by atoms with Gasteiger partial charge in [0.1, 0.15) is 0 Å². The minimum absolute atomic E-state index is 0.146. The van der Waals surface area contributed by atoms with Gasteiger partial charge in [-0.15, -0.1) is 0 Å². The van der Waals surface area contributed by atoms with Gasteiger partial charge in [-0.25, -0.2) is 9.59 Å². The number of rotatable bonds is 4. The van der Waals surface area contributed by atoms with Gasteiger partial charge in [0, 0.05) is 8.95 Å². The number of ether oxygens (including phenoxy) is 2. The Hall–Kier alpha value is -0.880. The summed E-state index contributed by atoms with van der Waals surface area (Å²) in [6, 6.07) is 3.11. The summed E-state index contributed by atoms with van der Waals surface area (Å²) in [5.74, 6) is -1.09. The maximum Gasteiger partial charge on any atom is 0.339 e. The molecular weight excluding hydrogens is 404 g/mol. The van der Waals surface area contributed by atoms with Gasteiger partial charge >= 0.3 is 11.9 Å². The van der Waals surface area contributed by atoms with Gasteiger partial charge in [0.25, 0.3) is 0 Å². The summed E-state index contributed by atoms with van der Waals surface area (Å²) in [6.07, 6.45) is 0. The Bertz CT molecular complexity index is 547. The summed E-state index contributed by atoms with van der Waals surface area (Å²) in [6.45, 7) is 8.10. The van der Waals surface area contributed by atoms with E-state index in [1.807, 2.05) is 20.8 Å². The van der Waals surface area contributed by atoms with E-state index in [4.69, 9.17) is 9.47 Å². The van der Waals surface area contributed by atoms with Crippen LogP contribution < -0.4 is 0 Å². The molecule has 0 heterocycles. The van der Waals surface area contributed by atoms with Crippen molar-refractivity contribution >= 4 is 43.8 Å². The predicted molar refractivity (Wildman–Crippen MR) is 87.5 cm³/mol. The van der Waals surface area contributed by atoms with Crippen molar-refractivity contribution in [1.29, 1.82) is 0 Å². The molecule has 4 nitrogen and oxygen atoms in total. The summed E-state index contributed by atoms with van der Waals surface area (Å²) in [7, 11) is 0. The van der Waals surface area contributed by atoms with Gasteiger partial charge in [-0.2, -0.15) is 0 Å². The van der Waals surface area contributed by atoms with Crippen LogP contribution in [-0.2, 0) is 9.47 Å². The van der Waals surface area contributed by atoms with Gasteiger partial charge in [-0.05, 0) is 56.3 Å². The molecule has 0 aromatic heterocycles. The van der Waals surface area contributed by atoms with E-state index < -0.39 is 11.9 Å². The molecule has 1 rings (SSSR count). The largest absolute Gasteiger partial charge is 0.462 e. The fourth-order valence-corrected chi connectivity index (χ4v) is 2.14. The van der Waals surface area contributed by atoms with Crippen molar-refractivity contribution in [3.05, 3.63) is 32.2 Å². The van der Waals surface area contributed by atoms with Crippen LogP contribution in [0.15, 0.2) is 21.1 Å². The molecule has 0 spiro atoms. The Labute approximate surface area is 141 Å². The molecule has 0 saturated carbocycles. The van der Waals surface area contributed by atoms with Crippen LogP contribution in [0.25, 0.3) is 0 Å². The van der Waals surface area contributed by atoms with Crippen molar-refractivity contribution in [2.75, 3.05) is 13.2 Å². The lowest BCUT2D eigenvalue weighted by Crippen LogP contribution is -2.20. The molecule has 0 saturated heterocycles. The van der Waals surface area contributed by atoms with Crippen molar-refractivity contribution in [2.45, 2.75) is 27.7 Å². The third-order valence-corrected chi connectivity index (χ3v) is 4.26. The molecule has 0 aliphatic carbocycles. The zero-order valence-electron chi connectivity index (χ0n) is 12.5. The molecule has 1 aromatic rings. The summed E-state index contributed by atoms with van der Waals surface area (Å²) >= 11 is 6.63. The number of carbonyl (C=O) groups excluding carboxylic acids is 2. The van der Waals surface area contributed by atoms with Gasteiger partial charge in [-0.1, -0.05) is 20.8 Å². The number of benzene rings is 1. The molecule has 0 unspecified atom stereocenters. The first-order valence-corrected chi connectivity index (χ1v) is 8.07. The Kier molecular flexibility index (Phi) is 6.41. The van der Waals surface area contributed by atoms with Gasteiger partial charge in [-0.3, -0.25) is 0 Å². The lowest BCUT2D eigenvalue weighted by molar-refractivity contribution is 0.0354. The quantitative estimate of drug-likeness (QED) is 0.667. The Balaban J connectivity index is 3.11. The summed E-state index contributed by atoms with van der Waals surface area (Å²) in [5.41, 5.74) is 0.227. The molecule has 0 fully saturated rings. The standard InChI is InChI=1S/C15H18Br2O4/c1-5-20-13(18)9-6-11(16)12(17)7-10(9)14(19)21-8-15(2,3)4/h6-7H,5,8H2,1-4H3. The third-order valence-electron chi connectivity index (χ3n) is 2.41. The van der Waals surface area contributed by atoms with E-state index in [2.05, 4.69) is 31.9 Å². The van der Waals surface area contributed by atoms with E-state index in [1.54, 1.807) is 19.1 Å². The first kappa shape index (κ1) is 18.2. The number of hydrogen-bond acceptors (Lipinski definition) is 4. The highest BCUT2D eigenvalue weighted by molar-refractivity contribution is 9.13. The van der Waals surface area contributed by atoms with Crippen LogP contribution in [0.5, 0.6) is 0 Å². The lowest BCUT2D eigenvalue weighted by atomic mass is 9.98. The fourth-order valence-electron chi connectivity index (χ4n) is 1.45.